The summed E-state index contributed by atoms with van der Waals surface area (Å²) in [5.41, 5.74) is 2.26. The molecular weight excluding hydrogens is 276 g/mol. The van der Waals surface area contributed by atoms with Crippen LogP contribution in [0.3, 0.4) is 0 Å². The molecule has 0 radical (unpaired) electrons. The van der Waals surface area contributed by atoms with Crippen LogP contribution >= 0.6 is 0 Å². The molecule has 0 unspecified atom stereocenters. The van der Waals surface area contributed by atoms with E-state index >= 15 is 0 Å². The van der Waals surface area contributed by atoms with Gasteiger partial charge in [0.1, 0.15) is 12.1 Å². The molecule has 0 saturated heterocycles. The molecule has 1 aromatic rings. The summed E-state index contributed by atoms with van der Waals surface area (Å²) in [4.78, 5) is 8.61. The molecule has 0 aromatic carbocycles. The van der Waals surface area contributed by atoms with Gasteiger partial charge in [-0.25, -0.2) is 23.1 Å². The van der Waals surface area contributed by atoms with Crippen LogP contribution in [0, 0.1) is 0 Å². The Morgan fingerprint density at radius 3 is 2.80 bits per heavy atom. The molecule has 1 heterocycles. The number of rotatable bonds is 6. The Morgan fingerprint density at radius 1 is 1.20 bits per heavy atom. The Balaban J connectivity index is 2.00. The Bertz CT molecular complexity index is 545. The number of nitrogens with one attached hydrogen (secondary N) is 2. The van der Waals surface area contributed by atoms with Crippen molar-refractivity contribution in [2.75, 3.05) is 24.2 Å². The van der Waals surface area contributed by atoms with E-state index in [1.165, 1.54) is 6.42 Å². The van der Waals surface area contributed by atoms with Gasteiger partial charge in [0.05, 0.1) is 5.75 Å². The van der Waals surface area contributed by atoms with Crippen molar-refractivity contribution in [3.63, 3.8) is 0 Å². The van der Waals surface area contributed by atoms with Crippen molar-refractivity contribution >= 4 is 15.8 Å². The maximum Gasteiger partial charge on any atom is 0.213 e. The standard InChI is InChI=1S/C13H22N4O2S/c1-2-17-20(18,19)9-8-14-13-11-6-4-3-5-7-12(11)15-10-16-13/h10,17H,2-9H2,1H3,(H,14,15,16). The number of aromatic nitrogens is 2. The predicted molar refractivity (Wildman–Crippen MR) is 79.2 cm³/mol. The van der Waals surface area contributed by atoms with Crippen molar-refractivity contribution in [2.24, 2.45) is 0 Å². The zero-order valence-corrected chi connectivity index (χ0v) is 12.7. The molecule has 2 N–H and O–H groups in total. The Morgan fingerprint density at radius 2 is 2.00 bits per heavy atom. The zero-order chi connectivity index (χ0) is 14.4. The highest BCUT2D eigenvalue weighted by Gasteiger charge is 2.15. The fourth-order valence-corrected chi connectivity index (χ4v) is 3.40. The number of hydrogen-bond donors (Lipinski definition) is 2. The first kappa shape index (κ1) is 15.2. The first-order valence-corrected chi connectivity index (χ1v) is 8.81. The maximum atomic E-state index is 11.6. The normalized spacial score (nSPS) is 15.4. The molecule has 1 aliphatic carbocycles. The number of aryl methyl sites for hydroxylation is 1. The molecule has 0 bridgehead atoms. The smallest absolute Gasteiger partial charge is 0.213 e. The van der Waals surface area contributed by atoms with Gasteiger partial charge in [0.15, 0.2) is 0 Å². The third-order valence-corrected chi connectivity index (χ3v) is 4.87. The molecule has 0 atom stereocenters. The highest BCUT2D eigenvalue weighted by Crippen LogP contribution is 2.23. The second-order valence-electron chi connectivity index (χ2n) is 4.95. The number of nitrogens with zero attached hydrogens (tertiary/aromatic N) is 2. The minimum atomic E-state index is -3.19. The van der Waals surface area contributed by atoms with Gasteiger partial charge in [0.2, 0.25) is 10.0 Å². The number of anilines is 1. The molecule has 6 nitrogen and oxygen atoms in total. The Kier molecular flexibility index (Phi) is 5.31. The lowest BCUT2D eigenvalue weighted by Crippen LogP contribution is -2.29. The minimum absolute atomic E-state index is 0.0552. The molecule has 112 valence electrons. The predicted octanol–water partition coefficient (Wildman–Crippen LogP) is 1.10. The van der Waals surface area contributed by atoms with E-state index in [2.05, 4.69) is 20.0 Å². The van der Waals surface area contributed by atoms with Gasteiger partial charge in [-0.3, -0.25) is 0 Å². The summed E-state index contributed by atoms with van der Waals surface area (Å²) in [6, 6.07) is 0. The van der Waals surface area contributed by atoms with Crippen LogP contribution in [-0.4, -0.2) is 37.2 Å². The lowest BCUT2D eigenvalue weighted by Gasteiger charge is -2.12. The maximum absolute atomic E-state index is 11.6. The van der Waals surface area contributed by atoms with Crippen LogP contribution in [0.25, 0.3) is 0 Å². The van der Waals surface area contributed by atoms with Gasteiger partial charge >= 0.3 is 0 Å². The third kappa shape index (κ3) is 4.14. The van der Waals surface area contributed by atoms with Gasteiger partial charge in [0.25, 0.3) is 0 Å². The molecule has 0 fully saturated rings. The number of fused-ring (bicyclic) bond motifs is 1. The lowest BCUT2D eigenvalue weighted by atomic mass is 10.1. The molecule has 7 heteroatoms. The molecule has 1 aliphatic rings. The van der Waals surface area contributed by atoms with Gasteiger partial charge in [-0.15, -0.1) is 0 Å². The molecule has 2 rings (SSSR count). The Hall–Kier alpha value is -1.21. The lowest BCUT2D eigenvalue weighted by molar-refractivity contribution is 0.584. The third-order valence-electron chi connectivity index (χ3n) is 3.40. The van der Waals surface area contributed by atoms with E-state index in [1.54, 1.807) is 13.3 Å². The van der Waals surface area contributed by atoms with Crippen LogP contribution in [-0.2, 0) is 22.9 Å². The van der Waals surface area contributed by atoms with Crippen molar-refractivity contribution in [2.45, 2.75) is 39.0 Å². The van der Waals surface area contributed by atoms with Crippen molar-refractivity contribution in [1.29, 1.82) is 0 Å². The summed E-state index contributed by atoms with van der Waals surface area (Å²) in [6.07, 6.45) is 7.04. The van der Waals surface area contributed by atoms with Gasteiger partial charge in [0, 0.05) is 24.3 Å². The summed E-state index contributed by atoms with van der Waals surface area (Å²) in [7, 11) is -3.19. The average molecular weight is 298 g/mol. The highest BCUT2D eigenvalue weighted by atomic mass is 32.2. The van der Waals surface area contributed by atoms with Crippen LogP contribution in [0.1, 0.15) is 37.4 Å². The molecular formula is C13H22N4O2S. The number of hydrogen-bond acceptors (Lipinski definition) is 5. The van der Waals surface area contributed by atoms with Crippen molar-refractivity contribution in [3.8, 4) is 0 Å². The summed E-state index contributed by atoms with van der Waals surface area (Å²) in [5.74, 6) is 0.850. The fraction of sp³-hybridized carbons (Fsp3) is 0.692. The summed E-state index contributed by atoms with van der Waals surface area (Å²) >= 11 is 0. The van der Waals surface area contributed by atoms with Crippen molar-refractivity contribution < 1.29 is 8.42 Å². The van der Waals surface area contributed by atoms with E-state index in [9.17, 15) is 8.42 Å². The van der Waals surface area contributed by atoms with Crippen LogP contribution < -0.4 is 10.0 Å². The van der Waals surface area contributed by atoms with E-state index in [0.717, 1.165) is 42.8 Å². The molecule has 0 spiro atoms. The first-order valence-electron chi connectivity index (χ1n) is 7.16. The number of sulfonamides is 1. The van der Waals surface area contributed by atoms with Crippen molar-refractivity contribution in [3.05, 3.63) is 17.6 Å². The molecule has 0 amide bonds. The van der Waals surface area contributed by atoms with Gasteiger partial charge in [-0.1, -0.05) is 13.3 Å². The largest absolute Gasteiger partial charge is 0.369 e. The molecule has 1 aromatic heterocycles. The van der Waals surface area contributed by atoms with E-state index < -0.39 is 10.0 Å². The second-order valence-corrected chi connectivity index (χ2v) is 6.88. The highest BCUT2D eigenvalue weighted by molar-refractivity contribution is 7.89. The van der Waals surface area contributed by atoms with Gasteiger partial charge in [-0.05, 0) is 25.7 Å². The monoisotopic (exact) mass is 298 g/mol. The quantitative estimate of drug-likeness (QED) is 0.768. The van der Waals surface area contributed by atoms with Gasteiger partial charge < -0.3 is 5.32 Å². The van der Waals surface area contributed by atoms with Crippen LogP contribution in [0.5, 0.6) is 0 Å². The minimum Gasteiger partial charge on any atom is -0.369 e. The molecule has 20 heavy (non-hydrogen) atoms. The average Bonchev–Trinajstić information content (AvgIpc) is 2.64. The summed E-state index contributed by atoms with van der Waals surface area (Å²) in [5, 5.41) is 3.14. The molecule has 0 saturated carbocycles. The van der Waals surface area contributed by atoms with Gasteiger partial charge in [-0.2, -0.15) is 0 Å². The Labute approximate surface area is 120 Å². The van der Waals surface area contributed by atoms with Crippen LogP contribution in [0.15, 0.2) is 6.33 Å². The summed E-state index contributed by atoms with van der Waals surface area (Å²) < 4.78 is 25.6. The molecule has 0 aliphatic heterocycles. The van der Waals surface area contributed by atoms with E-state index in [4.69, 9.17) is 0 Å². The van der Waals surface area contributed by atoms with E-state index in [-0.39, 0.29) is 5.75 Å². The summed E-state index contributed by atoms with van der Waals surface area (Å²) in [6.45, 7) is 2.55. The first-order chi connectivity index (χ1) is 9.62. The SMILES string of the molecule is CCNS(=O)(=O)CCNc1ncnc2c1CCCCC2. The van der Waals surface area contributed by atoms with Crippen LogP contribution in [0.2, 0.25) is 0 Å². The topological polar surface area (TPSA) is 84.0 Å². The van der Waals surface area contributed by atoms with Crippen LogP contribution in [0.4, 0.5) is 5.82 Å². The second kappa shape index (κ2) is 6.99. The van der Waals surface area contributed by atoms with E-state index in [0.29, 0.717) is 13.1 Å². The fourth-order valence-electron chi connectivity index (χ4n) is 2.45. The van der Waals surface area contributed by atoms with E-state index in [1.807, 2.05) is 0 Å². The zero-order valence-electron chi connectivity index (χ0n) is 11.9. The van der Waals surface area contributed by atoms with Crippen molar-refractivity contribution in [1.82, 2.24) is 14.7 Å².